The van der Waals surface area contributed by atoms with E-state index in [2.05, 4.69) is 15.0 Å². The third-order valence-corrected chi connectivity index (χ3v) is 2.32. The zero-order valence-corrected chi connectivity index (χ0v) is 9.00. The number of hydrogen-bond donors (Lipinski definition) is 1. The van der Waals surface area contributed by atoms with Crippen LogP contribution in [-0.2, 0) is 13.1 Å². The Kier molecular flexibility index (Phi) is 3.46. The fourth-order valence-corrected chi connectivity index (χ4v) is 1.49. The van der Waals surface area contributed by atoms with Gasteiger partial charge < -0.3 is 9.84 Å². The predicted molar refractivity (Wildman–Crippen MR) is 60.1 cm³/mol. The lowest BCUT2D eigenvalue weighted by atomic mass is 10.2. The van der Waals surface area contributed by atoms with E-state index in [-0.39, 0.29) is 10.6 Å². The molecule has 0 spiro atoms. The molecule has 0 aliphatic rings. The summed E-state index contributed by atoms with van der Waals surface area (Å²) in [4.78, 5) is 10.4. The van der Waals surface area contributed by atoms with E-state index in [9.17, 15) is 10.1 Å². The highest BCUT2D eigenvalue weighted by Crippen LogP contribution is 2.17. The Morgan fingerprint density at radius 1 is 1.35 bits per heavy atom. The predicted octanol–water partition coefficient (Wildman–Crippen LogP) is 1.87. The minimum Gasteiger partial charge on any atom is -0.364 e. The molecule has 1 aromatic carbocycles. The molecule has 1 N–H and O–H groups in total. The molecule has 2 aromatic rings. The van der Waals surface area contributed by atoms with Gasteiger partial charge in [0, 0.05) is 30.3 Å². The van der Waals surface area contributed by atoms with E-state index in [1.54, 1.807) is 24.4 Å². The molecule has 2 rings (SSSR count). The summed E-state index contributed by atoms with van der Waals surface area (Å²) < 4.78 is 4.68. The van der Waals surface area contributed by atoms with Gasteiger partial charge in [-0.1, -0.05) is 23.4 Å². The SMILES string of the molecule is O=[N+]([O-])c1ccccc1CNCc1cnoc1. The standard InChI is InChI=1S/C11H11N3O3/c15-14(16)11-4-2-1-3-10(11)7-12-5-9-6-13-17-8-9/h1-4,6,8,12H,5,7H2. The van der Waals surface area contributed by atoms with Crippen molar-refractivity contribution < 1.29 is 9.45 Å². The summed E-state index contributed by atoms with van der Waals surface area (Å²) in [5.41, 5.74) is 1.70. The van der Waals surface area contributed by atoms with Gasteiger partial charge in [0.25, 0.3) is 5.69 Å². The van der Waals surface area contributed by atoms with Gasteiger partial charge in [-0.15, -0.1) is 0 Å². The summed E-state index contributed by atoms with van der Waals surface area (Å²) in [7, 11) is 0. The van der Waals surface area contributed by atoms with E-state index in [1.807, 2.05) is 0 Å². The number of hydrogen-bond acceptors (Lipinski definition) is 5. The number of nitro groups is 1. The van der Waals surface area contributed by atoms with Crippen LogP contribution in [0.2, 0.25) is 0 Å². The van der Waals surface area contributed by atoms with Crippen molar-refractivity contribution in [1.29, 1.82) is 0 Å². The van der Waals surface area contributed by atoms with Gasteiger partial charge >= 0.3 is 0 Å². The first-order chi connectivity index (χ1) is 8.27. The first kappa shape index (κ1) is 11.3. The third kappa shape index (κ3) is 2.88. The molecule has 0 amide bonds. The second-order valence-electron chi connectivity index (χ2n) is 3.52. The van der Waals surface area contributed by atoms with Crippen molar-refractivity contribution in [2.75, 3.05) is 0 Å². The van der Waals surface area contributed by atoms with Crippen molar-refractivity contribution in [3.8, 4) is 0 Å². The minimum atomic E-state index is -0.379. The quantitative estimate of drug-likeness (QED) is 0.629. The summed E-state index contributed by atoms with van der Waals surface area (Å²) in [6.07, 6.45) is 3.14. The fraction of sp³-hybridized carbons (Fsp3) is 0.182. The smallest absolute Gasteiger partial charge is 0.273 e. The average Bonchev–Trinajstić information content (AvgIpc) is 2.82. The largest absolute Gasteiger partial charge is 0.364 e. The van der Waals surface area contributed by atoms with Crippen molar-refractivity contribution in [2.45, 2.75) is 13.1 Å². The van der Waals surface area contributed by atoms with E-state index in [4.69, 9.17) is 0 Å². The van der Waals surface area contributed by atoms with Gasteiger partial charge in [0.2, 0.25) is 0 Å². The molecule has 1 aromatic heterocycles. The molecule has 0 unspecified atom stereocenters. The normalized spacial score (nSPS) is 10.4. The van der Waals surface area contributed by atoms with Gasteiger partial charge in [0.1, 0.15) is 6.26 Å². The van der Waals surface area contributed by atoms with Crippen molar-refractivity contribution in [1.82, 2.24) is 10.5 Å². The van der Waals surface area contributed by atoms with Gasteiger partial charge in [0.05, 0.1) is 11.1 Å². The minimum absolute atomic E-state index is 0.130. The van der Waals surface area contributed by atoms with E-state index in [0.717, 1.165) is 5.56 Å². The molecule has 88 valence electrons. The van der Waals surface area contributed by atoms with Crippen LogP contribution in [0.25, 0.3) is 0 Å². The van der Waals surface area contributed by atoms with Crippen LogP contribution in [0.1, 0.15) is 11.1 Å². The zero-order chi connectivity index (χ0) is 12.1. The fourth-order valence-electron chi connectivity index (χ4n) is 1.49. The highest BCUT2D eigenvalue weighted by molar-refractivity contribution is 5.39. The highest BCUT2D eigenvalue weighted by Gasteiger charge is 2.11. The van der Waals surface area contributed by atoms with Crippen molar-refractivity contribution in [2.24, 2.45) is 0 Å². The summed E-state index contributed by atoms with van der Waals surface area (Å²) >= 11 is 0. The molecule has 0 radical (unpaired) electrons. The van der Waals surface area contributed by atoms with Crippen LogP contribution in [0.5, 0.6) is 0 Å². The van der Waals surface area contributed by atoms with Crippen LogP contribution in [-0.4, -0.2) is 10.1 Å². The lowest BCUT2D eigenvalue weighted by Gasteiger charge is -2.03. The van der Waals surface area contributed by atoms with E-state index in [1.165, 1.54) is 12.3 Å². The average molecular weight is 233 g/mol. The molecule has 0 saturated carbocycles. The summed E-state index contributed by atoms with van der Waals surface area (Å²) in [5.74, 6) is 0. The molecule has 0 fully saturated rings. The topological polar surface area (TPSA) is 81.2 Å². The molecular weight excluding hydrogens is 222 g/mol. The Balaban J connectivity index is 1.97. The van der Waals surface area contributed by atoms with Crippen LogP contribution < -0.4 is 5.32 Å². The molecule has 0 aliphatic heterocycles. The first-order valence-electron chi connectivity index (χ1n) is 5.08. The molecule has 6 nitrogen and oxygen atoms in total. The van der Waals surface area contributed by atoms with E-state index < -0.39 is 0 Å². The maximum absolute atomic E-state index is 10.8. The summed E-state index contributed by atoms with van der Waals surface area (Å²) in [5, 5.41) is 17.4. The molecule has 0 atom stereocenters. The van der Waals surface area contributed by atoms with Crippen LogP contribution in [0.15, 0.2) is 41.2 Å². The number of benzene rings is 1. The first-order valence-corrected chi connectivity index (χ1v) is 5.08. The number of nitrogens with one attached hydrogen (secondary N) is 1. The molecule has 6 heteroatoms. The Labute approximate surface area is 97.4 Å². The van der Waals surface area contributed by atoms with Crippen molar-refractivity contribution in [3.63, 3.8) is 0 Å². The van der Waals surface area contributed by atoms with Crippen molar-refractivity contribution in [3.05, 3.63) is 58.0 Å². The van der Waals surface area contributed by atoms with Crippen molar-refractivity contribution >= 4 is 5.69 Å². The van der Waals surface area contributed by atoms with E-state index >= 15 is 0 Å². The van der Waals surface area contributed by atoms with E-state index in [0.29, 0.717) is 18.7 Å². The van der Waals surface area contributed by atoms with Crippen LogP contribution in [0.4, 0.5) is 5.69 Å². The van der Waals surface area contributed by atoms with Gasteiger partial charge in [-0.3, -0.25) is 10.1 Å². The second-order valence-corrected chi connectivity index (χ2v) is 3.52. The second kappa shape index (κ2) is 5.22. The lowest BCUT2D eigenvalue weighted by molar-refractivity contribution is -0.385. The Bertz CT molecular complexity index is 496. The van der Waals surface area contributed by atoms with Gasteiger partial charge in [-0.2, -0.15) is 0 Å². The Morgan fingerprint density at radius 2 is 2.18 bits per heavy atom. The third-order valence-electron chi connectivity index (χ3n) is 2.32. The number of nitro benzene ring substituents is 1. The van der Waals surface area contributed by atoms with Gasteiger partial charge in [-0.25, -0.2) is 0 Å². The number of nitrogens with zero attached hydrogens (tertiary/aromatic N) is 2. The molecular formula is C11H11N3O3. The van der Waals surface area contributed by atoms with Gasteiger partial charge in [-0.05, 0) is 0 Å². The highest BCUT2D eigenvalue weighted by atomic mass is 16.6. The molecule has 1 heterocycles. The number of rotatable bonds is 5. The summed E-state index contributed by atoms with van der Waals surface area (Å²) in [6.45, 7) is 0.998. The molecule has 0 bridgehead atoms. The molecule has 0 saturated heterocycles. The lowest BCUT2D eigenvalue weighted by Crippen LogP contribution is -2.13. The summed E-state index contributed by atoms with van der Waals surface area (Å²) in [6, 6.07) is 6.67. The maximum atomic E-state index is 10.8. The molecule has 0 aliphatic carbocycles. The van der Waals surface area contributed by atoms with Gasteiger partial charge in [0.15, 0.2) is 0 Å². The maximum Gasteiger partial charge on any atom is 0.273 e. The number of aromatic nitrogens is 1. The van der Waals surface area contributed by atoms with Crippen LogP contribution >= 0.6 is 0 Å². The monoisotopic (exact) mass is 233 g/mol. The zero-order valence-electron chi connectivity index (χ0n) is 9.00. The Morgan fingerprint density at radius 3 is 2.88 bits per heavy atom. The van der Waals surface area contributed by atoms with Crippen LogP contribution in [0, 0.1) is 10.1 Å². The Hall–Kier alpha value is -2.21. The number of para-hydroxylation sites is 1. The molecule has 17 heavy (non-hydrogen) atoms. The van der Waals surface area contributed by atoms with Crippen LogP contribution in [0.3, 0.4) is 0 Å².